The Labute approximate surface area is 285 Å². The Morgan fingerprint density at radius 2 is 1.78 bits per heavy atom. The monoisotopic (exact) mass is 669 g/mol. The van der Waals surface area contributed by atoms with Gasteiger partial charge in [-0.05, 0) is 68.9 Å². The molecule has 258 valence electrons. The Hall–Kier alpha value is -5.07. The maximum Gasteiger partial charge on any atom is 0.408 e. The van der Waals surface area contributed by atoms with E-state index in [2.05, 4.69) is 26.0 Å². The molecule has 13 nitrogen and oxygen atoms in total. The number of carboxylic acid groups (broad SMARTS) is 1. The van der Waals surface area contributed by atoms with Crippen molar-refractivity contribution in [3.8, 4) is 22.5 Å². The van der Waals surface area contributed by atoms with Crippen LogP contribution in [0.5, 0.6) is 0 Å². The number of hydrogen-bond donors (Lipinski definition) is 3. The molecule has 2 aliphatic heterocycles. The highest BCUT2D eigenvalue weighted by molar-refractivity contribution is 5.96. The molecule has 49 heavy (non-hydrogen) atoms. The maximum atomic E-state index is 14.3. The van der Waals surface area contributed by atoms with Crippen molar-refractivity contribution in [3.63, 3.8) is 0 Å². The standard InChI is InChI=1S/C36H43N7O6/c1-35(2,3)49-34(48)37-28-18-11-6-4-5-10-17-26-21-36(26,33(46)47)38-31(44)29-20-27(22-42(29)32(28)45)43-40-30(39-41-43)25-16-12-15-24(19-25)23-13-8-7-9-14-23/h7-10,12-17,19,26-29H,4-6,11,18,20-22H2,1-3H3,(H,37,48)(H,38,44)(H,46,47)/b17-10-/t26-,27-,28+,29-,36-/m0/s1. The molecular weight excluding hydrogens is 626 g/mol. The van der Waals surface area contributed by atoms with Crippen molar-refractivity contribution in [2.24, 2.45) is 5.92 Å². The summed E-state index contributed by atoms with van der Waals surface area (Å²) in [5.41, 5.74) is 0.587. The van der Waals surface area contributed by atoms with Gasteiger partial charge in [0, 0.05) is 24.4 Å². The van der Waals surface area contributed by atoms with Gasteiger partial charge in [0.25, 0.3) is 0 Å². The first-order valence-corrected chi connectivity index (χ1v) is 16.9. The SMILES string of the molecule is CC(C)(C)OC(=O)N[C@@H]1CCCCC/C=C\[C@H]2C[C@]2(C(=O)O)NC(=O)[C@@H]2C[C@H](n3nnc(-c4cccc(-c5ccccc5)c4)n3)CN2C1=O. The smallest absolute Gasteiger partial charge is 0.408 e. The van der Waals surface area contributed by atoms with E-state index in [1.807, 2.05) is 66.7 Å². The van der Waals surface area contributed by atoms with Crippen LogP contribution in [0.3, 0.4) is 0 Å². The fraction of sp³-hybridized carbons (Fsp3) is 0.472. The van der Waals surface area contributed by atoms with Crippen LogP contribution in [-0.2, 0) is 19.1 Å². The summed E-state index contributed by atoms with van der Waals surface area (Å²) in [6.45, 7) is 5.28. The molecule has 1 saturated heterocycles. The lowest BCUT2D eigenvalue weighted by Crippen LogP contribution is -2.56. The largest absolute Gasteiger partial charge is 0.479 e. The summed E-state index contributed by atoms with van der Waals surface area (Å²) in [7, 11) is 0. The summed E-state index contributed by atoms with van der Waals surface area (Å²) < 4.78 is 5.47. The number of benzene rings is 2. The molecular formula is C36H43N7O6. The van der Waals surface area contributed by atoms with E-state index >= 15 is 0 Å². The number of alkyl carbamates (subject to hydrolysis) is 1. The van der Waals surface area contributed by atoms with E-state index in [0.29, 0.717) is 18.7 Å². The van der Waals surface area contributed by atoms with Crippen LogP contribution in [0.4, 0.5) is 4.79 Å². The van der Waals surface area contributed by atoms with Gasteiger partial charge in [-0.1, -0.05) is 73.5 Å². The molecule has 5 atom stereocenters. The van der Waals surface area contributed by atoms with Crippen molar-refractivity contribution in [2.75, 3.05) is 6.54 Å². The third-order valence-corrected chi connectivity index (χ3v) is 9.31. The maximum absolute atomic E-state index is 14.3. The Balaban J connectivity index is 1.29. The van der Waals surface area contributed by atoms with E-state index in [-0.39, 0.29) is 25.3 Å². The number of carbonyl (C=O) groups excluding carboxylic acids is 3. The minimum atomic E-state index is -1.43. The average molecular weight is 670 g/mol. The quantitative estimate of drug-likeness (QED) is 0.331. The van der Waals surface area contributed by atoms with Crippen LogP contribution in [0.1, 0.15) is 71.8 Å². The Kier molecular flexibility index (Phi) is 9.53. The molecule has 0 unspecified atom stereocenters. The van der Waals surface area contributed by atoms with Gasteiger partial charge in [-0.25, -0.2) is 9.59 Å². The summed E-state index contributed by atoms with van der Waals surface area (Å²) >= 11 is 0. The minimum absolute atomic E-state index is 0.0622. The van der Waals surface area contributed by atoms with Gasteiger partial charge >= 0.3 is 12.1 Å². The van der Waals surface area contributed by atoms with Gasteiger partial charge in [0.2, 0.25) is 17.6 Å². The Bertz CT molecular complexity index is 1730. The number of carbonyl (C=O) groups is 4. The summed E-state index contributed by atoms with van der Waals surface area (Å²) in [5, 5.41) is 28.9. The molecule has 2 aromatic carbocycles. The molecule has 0 bridgehead atoms. The number of carboxylic acids is 1. The number of aromatic nitrogens is 4. The van der Waals surface area contributed by atoms with Gasteiger partial charge in [0.1, 0.15) is 23.2 Å². The highest BCUT2D eigenvalue weighted by Gasteiger charge is 2.61. The third kappa shape index (κ3) is 7.65. The Morgan fingerprint density at radius 1 is 1.02 bits per heavy atom. The molecule has 3 heterocycles. The lowest BCUT2D eigenvalue weighted by Gasteiger charge is -2.30. The topological polar surface area (TPSA) is 169 Å². The van der Waals surface area contributed by atoms with Crippen LogP contribution in [0.15, 0.2) is 66.7 Å². The van der Waals surface area contributed by atoms with Gasteiger partial charge < -0.3 is 25.4 Å². The molecule has 0 radical (unpaired) electrons. The van der Waals surface area contributed by atoms with Crippen LogP contribution in [0.2, 0.25) is 0 Å². The van der Waals surface area contributed by atoms with E-state index in [4.69, 9.17) is 4.74 Å². The lowest BCUT2D eigenvalue weighted by atomic mass is 10.0. The van der Waals surface area contributed by atoms with Gasteiger partial charge in [0.15, 0.2) is 0 Å². The van der Waals surface area contributed by atoms with Gasteiger partial charge in [-0.2, -0.15) is 4.80 Å². The first-order chi connectivity index (χ1) is 23.4. The van der Waals surface area contributed by atoms with Crippen molar-refractivity contribution in [3.05, 3.63) is 66.7 Å². The normalized spacial score (nSPS) is 26.7. The van der Waals surface area contributed by atoms with Crippen LogP contribution >= 0.6 is 0 Å². The number of nitrogens with zero attached hydrogens (tertiary/aromatic N) is 5. The zero-order chi connectivity index (χ0) is 34.8. The molecule has 3 aromatic rings. The molecule has 1 aliphatic carbocycles. The lowest BCUT2D eigenvalue weighted by molar-refractivity contribution is -0.145. The van der Waals surface area contributed by atoms with Crippen molar-refractivity contribution in [1.29, 1.82) is 0 Å². The number of fused-ring (bicyclic) bond motifs is 2. The number of rotatable bonds is 5. The van der Waals surface area contributed by atoms with E-state index in [1.54, 1.807) is 20.8 Å². The van der Waals surface area contributed by atoms with E-state index in [1.165, 1.54) is 9.70 Å². The van der Waals surface area contributed by atoms with Crippen LogP contribution < -0.4 is 10.6 Å². The number of hydrogen-bond acceptors (Lipinski definition) is 8. The molecule has 13 heteroatoms. The number of amides is 3. The fourth-order valence-electron chi connectivity index (χ4n) is 6.66. The van der Waals surface area contributed by atoms with Gasteiger partial charge in [-0.15, -0.1) is 10.2 Å². The molecule has 1 aromatic heterocycles. The predicted molar refractivity (Wildman–Crippen MR) is 180 cm³/mol. The second-order valence-corrected chi connectivity index (χ2v) is 14.1. The number of ether oxygens (including phenoxy) is 1. The average Bonchev–Trinajstić information content (AvgIpc) is 3.38. The summed E-state index contributed by atoms with van der Waals surface area (Å²) in [6, 6.07) is 15.2. The first-order valence-electron chi connectivity index (χ1n) is 16.9. The molecule has 2 fully saturated rings. The van der Waals surface area contributed by atoms with Crippen LogP contribution in [0.25, 0.3) is 22.5 Å². The van der Waals surface area contributed by atoms with E-state index < -0.39 is 53.1 Å². The Morgan fingerprint density at radius 3 is 2.53 bits per heavy atom. The molecule has 0 spiro atoms. The fourth-order valence-corrected chi connectivity index (χ4v) is 6.66. The number of allylic oxidation sites excluding steroid dienone is 1. The third-order valence-electron chi connectivity index (χ3n) is 9.31. The van der Waals surface area contributed by atoms with Crippen molar-refractivity contribution < 1.29 is 29.0 Å². The zero-order valence-corrected chi connectivity index (χ0v) is 28.0. The summed E-state index contributed by atoms with van der Waals surface area (Å²) in [5.74, 6) is -2.09. The van der Waals surface area contributed by atoms with Gasteiger partial charge in [0.05, 0.1) is 6.04 Å². The summed E-state index contributed by atoms with van der Waals surface area (Å²) in [4.78, 5) is 56.3. The van der Waals surface area contributed by atoms with Crippen molar-refractivity contribution >= 4 is 23.9 Å². The molecule has 3 aliphatic rings. The highest BCUT2D eigenvalue weighted by Crippen LogP contribution is 2.45. The minimum Gasteiger partial charge on any atom is -0.479 e. The second kappa shape index (κ2) is 13.8. The van der Waals surface area contributed by atoms with E-state index in [9.17, 15) is 24.3 Å². The number of nitrogens with one attached hydrogen (secondary N) is 2. The highest BCUT2D eigenvalue weighted by atomic mass is 16.6. The zero-order valence-electron chi connectivity index (χ0n) is 28.0. The van der Waals surface area contributed by atoms with Crippen LogP contribution in [-0.4, -0.2) is 83.9 Å². The molecule has 3 amide bonds. The summed E-state index contributed by atoms with van der Waals surface area (Å²) in [6.07, 6.45) is 6.91. The van der Waals surface area contributed by atoms with Crippen molar-refractivity contribution in [1.82, 2.24) is 35.7 Å². The number of tetrazole rings is 1. The molecule has 3 N–H and O–H groups in total. The molecule has 1 saturated carbocycles. The molecule has 6 rings (SSSR count). The predicted octanol–water partition coefficient (Wildman–Crippen LogP) is 4.52. The first kappa shape index (κ1) is 33.8. The van der Waals surface area contributed by atoms with Gasteiger partial charge in [-0.3, -0.25) is 9.59 Å². The van der Waals surface area contributed by atoms with E-state index in [0.717, 1.165) is 36.0 Å². The van der Waals surface area contributed by atoms with Crippen LogP contribution in [0, 0.1) is 5.92 Å². The number of aliphatic carboxylic acids is 1. The van der Waals surface area contributed by atoms with Crippen molar-refractivity contribution in [2.45, 2.75) is 95.0 Å². The second-order valence-electron chi connectivity index (χ2n) is 14.1.